The molecule has 98 valence electrons. The minimum atomic E-state index is 0.0831. The van der Waals surface area contributed by atoms with E-state index < -0.39 is 0 Å². The third-order valence-electron chi connectivity index (χ3n) is 3.25. The number of carbonyl (C=O) groups excluding carboxylic acids is 1. The van der Waals surface area contributed by atoms with E-state index in [2.05, 4.69) is 0 Å². The fraction of sp³-hybridized carbons (Fsp3) is 0.500. The SMILES string of the molecule is COc1c(C(=O)C2CSCCS2)ccc(C)c1C. The summed E-state index contributed by atoms with van der Waals surface area (Å²) in [5.74, 6) is 4.09. The molecule has 0 N–H and O–H groups in total. The third kappa shape index (κ3) is 2.69. The molecule has 0 radical (unpaired) electrons. The number of carbonyl (C=O) groups is 1. The molecule has 1 fully saturated rings. The molecule has 0 aliphatic carbocycles. The van der Waals surface area contributed by atoms with Crippen LogP contribution in [-0.2, 0) is 0 Å². The zero-order valence-corrected chi connectivity index (χ0v) is 12.6. The summed E-state index contributed by atoms with van der Waals surface area (Å²) in [4.78, 5) is 12.5. The molecule has 1 aliphatic rings. The number of Topliss-reactive ketones (excluding diaryl/α,β-unsaturated/α-hetero) is 1. The van der Waals surface area contributed by atoms with Crippen LogP contribution in [0.5, 0.6) is 5.75 Å². The first-order valence-corrected chi connectivity index (χ1v) is 8.23. The average Bonchev–Trinajstić information content (AvgIpc) is 2.42. The second-order valence-electron chi connectivity index (χ2n) is 4.39. The topological polar surface area (TPSA) is 26.3 Å². The predicted molar refractivity (Wildman–Crippen MR) is 80.4 cm³/mol. The number of aryl methyl sites for hydroxylation is 1. The summed E-state index contributed by atoms with van der Waals surface area (Å²) >= 11 is 3.63. The molecule has 1 saturated heterocycles. The minimum Gasteiger partial charge on any atom is -0.496 e. The zero-order valence-electron chi connectivity index (χ0n) is 11.0. The van der Waals surface area contributed by atoms with Gasteiger partial charge in [-0.1, -0.05) is 6.07 Å². The first-order valence-electron chi connectivity index (χ1n) is 6.03. The van der Waals surface area contributed by atoms with Crippen LogP contribution in [0.4, 0.5) is 0 Å². The highest BCUT2D eigenvalue weighted by Crippen LogP contribution is 2.32. The summed E-state index contributed by atoms with van der Waals surface area (Å²) in [6, 6.07) is 3.91. The van der Waals surface area contributed by atoms with Gasteiger partial charge in [-0.3, -0.25) is 4.79 Å². The van der Waals surface area contributed by atoms with Crippen LogP contribution in [0.1, 0.15) is 21.5 Å². The van der Waals surface area contributed by atoms with Crippen molar-refractivity contribution in [2.45, 2.75) is 19.1 Å². The molecular formula is C14H18O2S2. The fourth-order valence-corrected chi connectivity index (χ4v) is 4.68. The molecule has 1 aromatic carbocycles. The standard InChI is InChI=1S/C14H18O2S2/c1-9-4-5-11(14(16-3)10(9)2)13(15)12-8-17-6-7-18-12/h4-5,12H,6-8H2,1-3H3. The van der Waals surface area contributed by atoms with Crippen molar-refractivity contribution >= 4 is 29.3 Å². The first-order chi connectivity index (χ1) is 8.65. The van der Waals surface area contributed by atoms with Crippen molar-refractivity contribution in [2.24, 2.45) is 0 Å². The van der Waals surface area contributed by atoms with E-state index in [1.54, 1.807) is 18.9 Å². The van der Waals surface area contributed by atoms with Gasteiger partial charge < -0.3 is 4.74 Å². The smallest absolute Gasteiger partial charge is 0.180 e. The Hall–Kier alpha value is -0.610. The van der Waals surface area contributed by atoms with Gasteiger partial charge in [-0.15, -0.1) is 11.8 Å². The largest absolute Gasteiger partial charge is 0.496 e. The van der Waals surface area contributed by atoms with Gasteiger partial charge >= 0.3 is 0 Å². The molecule has 1 atom stereocenters. The van der Waals surface area contributed by atoms with E-state index in [1.165, 1.54) is 0 Å². The van der Waals surface area contributed by atoms with E-state index in [0.29, 0.717) is 0 Å². The molecule has 2 nitrogen and oxygen atoms in total. The van der Waals surface area contributed by atoms with Gasteiger partial charge in [0.25, 0.3) is 0 Å². The number of rotatable bonds is 3. The van der Waals surface area contributed by atoms with Crippen molar-refractivity contribution in [3.05, 3.63) is 28.8 Å². The van der Waals surface area contributed by atoms with Crippen molar-refractivity contribution in [1.82, 2.24) is 0 Å². The third-order valence-corrected chi connectivity index (χ3v) is 6.01. The molecule has 4 heteroatoms. The van der Waals surface area contributed by atoms with Crippen molar-refractivity contribution in [1.29, 1.82) is 0 Å². The van der Waals surface area contributed by atoms with Crippen molar-refractivity contribution in [3.8, 4) is 5.75 Å². The summed E-state index contributed by atoms with van der Waals surface area (Å²) in [6.07, 6.45) is 0. The van der Waals surface area contributed by atoms with Crippen LogP contribution in [-0.4, -0.2) is 35.4 Å². The highest BCUT2D eigenvalue weighted by atomic mass is 32.2. The predicted octanol–water partition coefficient (Wildman–Crippen LogP) is 3.34. The molecule has 1 heterocycles. The number of benzene rings is 1. The Morgan fingerprint density at radius 2 is 2.11 bits per heavy atom. The quantitative estimate of drug-likeness (QED) is 0.794. The van der Waals surface area contributed by atoms with E-state index in [-0.39, 0.29) is 11.0 Å². The Morgan fingerprint density at radius 1 is 1.33 bits per heavy atom. The van der Waals surface area contributed by atoms with Gasteiger partial charge in [-0.05, 0) is 31.0 Å². The Balaban J connectivity index is 2.32. The monoisotopic (exact) mass is 282 g/mol. The Labute approximate surface area is 117 Å². The van der Waals surface area contributed by atoms with Gasteiger partial charge in [0.05, 0.1) is 17.9 Å². The lowest BCUT2D eigenvalue weighted by molar-refractivity contribution is 0.0992. The molecule has 18 heavy (non-hydrogen) atoms. The average molecular weight is 282 g/mol. The van der Waals surface area contributed by atoms with Crippen LogP contribution in [0.15, 0.2) is 12.1 Å². The van der Waals surface area contributed by atoms with Gasteiger partial charge in [0.1, 0.15) is 5.75 Å². The van der Waals surface area contributed by atoms with Crippen molar-refractivity contribution in [3.63, 3.8) is 0 Å². The van der Waals surface area contributed by atoms with Crippen LogP contribution < -0.4 is 4.74 Å². The summed E-state index contributed by atoms with van der Waals surface area (Å²) in [7, 11) is 1.64. The van der Waals surface area contributed by atoms with Crippen LogP contribution in [0, 0.1) is 13.8 Å². The lowest BCUT2D eigenvalue weighted by Crippen LogP contribution is -2.25. The normalized spacial score (nSPS) is 19.6. The van der Waals surface area contributed by atoms with Crippen LogP contribution in [0.3, 0.4) is 0 Å². The van der Waals surface area contributed by atoms with Crippen LogP contribution >= 0.6 is 23.5 Å². The number of ether oxygens (including phenoxy) is 1. The maximum Gasteiger partial charge on any atom is 0.180 e. The van der Waals surface area contributed by atoms with E-state index in [0.717, 1.165) is 39.7 Å². The minimum absolute atomic E-state index is 0.0831. The number of hydrogen-bond donors (Lipinski definition) is 0. The zero-order chi connectivity index (χ0) is 13.1. The van der Waals surface area contributed by atoms with Gasteiger partial charge in [0.15, 0.2) is 5.78 Å². The summed E-state index contributed by atoms with van der Waals surface area (Å²) in [5, 5.41) is 0.0831. The van der Waals surface area contributed by atoms with E-state index in [4.69, 9.17) is 4.74 Å². The fourth-order valence-electron chi connectivity index (χ4n) is 2.06. The van der Waals surface area contributed by atoms with Crippen molar-refractivity contribution in [2.75, 3.05) is 24.4 Å². The molecule has 1 unspecified atom stereocenters. The summed E-state index contributed by atoms with van der Waals surface area (Å²) in [6.45, 7) is 4.05. The second kappa shape index (κ2) is 6.02. The number of thioether (sulfide) groups is 2. The maximum absolute atomic E-state index is 12.5. The molecule has 2 rings (SSSR count). The molecule has 0 amide bonds. The van der Waals surface area contributed by atoms with Crippen LogP contribution in [0.2, 0.25) is 0 Å². The van der Waals surface area contributed by atoms with E-state index >= 15 is 0 Å². The Morgan fingerprint density at radius 3 is 2.72 bits per heavy atom. The van der Waals surface area contributed by atoms with E-state index in [9.17, 15) is 4.79 Å². The Kier molecular flexibility index (Phi) is 4.62. The van der Waals surface area contributed by atoms with Gasteiger partial charge in [-0.2, -0.15) is 11.8 Å². The molecule has 1 aromatic rings. The van der Waals surface area contributed by atoms with Gasteiger partial charge in [0.2, 0.25) is 0 Å². The molecular weight excluding hydrogens is 264 g/mol. The van der Waals surface area contributed by atoms with Gasteiger partial charge in [-0.25, -0.2) is 0 Å². The van der Waals surface area contributed by atoms with E-state index in [1.807, 2.05) is 37.7 Å². The summed E-state index contributed by atoms with van der Waals surface area (Å²) < 4.78 is 5.43. The second-order valence-corrected chi connectivity index (χ2v) is 6.85. The maximum atomic E-state index is 12.5. The Bertz CT molecular complexity index is 451. The lowest BCUT2D eigenvalue weighted by Gasteiger charge is -2.21. The molecule has 0 spiro atoms. The lowest BCUT2D eigenvalue weighted by atomic mass is 10.0. The highest BCUT2D eigenvalue weighted by molar-refractivity contribution is 8.07. The number of ketones is 1. The molecule has 0 bridgehead atoms. The summed E-state index contributed by atoms with van der Waals surface area (Å²) in [5.41, 5.74) is 2.96. The molecule has 0 saturated carbocycles. The molecule has 1 aliphatic heterocycles. The first kappa shape index (κ1) is 13.8. The van der Waals surface area contributed by atoms with Crippen molar-refractivity contribution < 1.29 is 9.53 Å². The highest BCUT2D eigenvalue weighted by Gasteiger charge is 2.26. The van der Waals surface area contributed by atoms with Crippen LogP contribution in [0.25, 0.3) is 0 Å². The number of methoxy groups -OCH3 is 1. The van der Waals surface area contributed by atoms with Gasteiger partial charge in [0, 0.05) is 17.3 Å². The number of hydrogen-bond acceptors (Lipinski definition) is 4. The molecule has 0 aromatic heterocycles.